The van der Waals surface area contributed by atoms with Gasteiger partial charge in [-0.15, -0.1) is 0 Å². The minimum Gasteiger partial charge on any atom is -0.384 e. The Kier molecular flexibility index (Phi) is 6.05. The number of nitrogens with one attached hydrogen (secondary N) is 1. The quantitative estimate of drug-likeness (QED) is 0.731. The summed E-state index contributed by atoms with van der Waals surface area (Å²) >= 11 is 0. The summed E-state index contributed by atoms with van der Waals surface area (Å²) in [7, 11) is 3.74. The van der Waals surface area contributed by atoms with Crippen molar-refractivity contribution < 1.29 is 26.3 Å². The number of hydrogen-bond donors (Lipinski definition) is 1. The number of alkyl halides is 6. The van der Waals surface area contributed by atoms with Crippen LogP contribution in [0.25, 0.3) is 5.57 Å². The van der Waals surface area contributed by atoms with E-state index in [1.54, 1.807) is 12.2 Å². The second kappa shape index (κ2) is 7.73. The number of halogens is 6. The van der Waals surface area contributed by atoms with E-state index in [2.05, 4.69) is 5.32 Å². The summed E-state index contributed by atoms with van der Waals surface area (Å²) in [6.07, 6.45) is -4.99. The predicted molar refractivity (Wildman–Crippen MR) is 88.3 cm³/mol. The molecular weight excluding hydrogens is 358 g/mol. The monoisotopic (exact) mass is 378 g/mol. The van der Waals surface area contributed by atoms with Crippen LogP contribution in [0.3, 0.4) is 0 Å². The lowest BCUT2D eigenvalue weighted by molar-refractivity contribution is -0.143. The molecule has 0 amide bonds. The van der Waals surface area contributed by atoms with Crippen LogP contribution in [-0.4, -0.2) is 32.1 Å². The van der Waals surface area contributed by atoms with Gasteiger partial charge in [0.25, 0.3) is 0 Å². The SMILES string of the molecule is CN(C)CCNC1=CCCC=C1c1cc(C(F)(F)F)cc(C(F)(F)F)c1. The number of hydrogen-bond acceptors (Lipinski definition) is 2. The van der Waals surface area contributed by atoms with Crippen molar-refractivity contribution in [2.75, 3.05) is 27.2 Å². The van der Waals surface area contributed by atoms with Gasteiger partial charge in [-0.2, -0.15) is 26.3 Å². The van der Waals surface area contributed by atoms with Gasteiger partial charge in [-0.1, -0.05) is 12.2 Å². The van der Waals surface area contributed by atoms with Crippen LogP contribution in [-0.2, 0) is 12.4 Å². The molecule has 0 bridgehead atoms. The van der Waals surface area contributed by atoms with Crippen molar-refractivity contribution in [1.82, 2.24) is 10.2 Å². The van der Waals surface area contributed by atoms with E-state index in [0.717, 1.165) is 12.1 Å². The molecule has 0 spiro atoms. The van der Waals surface area contributed by atoms with Crippen molar-refractivity contribution in [3.05, 3.63) is 52.7 Å². The fraction of sp³-hybridized carbons (Fsp3) is 0.444. The predicted octanol–water partition coefficient (Wildman–Crippen LogP) is 4.94. The molecule has 0 aromatic heterocycles. The van der Waals surface area contributed by atoms with Gasteiger partial charge < -0.3 is 10.2 Å². The average molecular weight is 378 g/mol. The number of benzene rings is 1. The van der Waals surface area contributed by atoms with Gasteiger partial charge in [0.05, 0.1) is 11.1 Å². The molecule has 0 heterocycles. The van der Waals surface area contributed by atoms with Crippen molar-refractivity contribution in [3.8, 4) is 0 Å². The Hall–Kier alpha value is -1.96. The Labute approximate surface area is 148 Å². The number of rotatable bonds is 5. The van der Waals surface area contributed by atoms with Gasteiger partial charge in [0, 0.05) is 24.4 Å². The van der Waals surface area contributed by atoms with Crippen LogP contribution in [0.4, 0.5) is 26.3 Å². The zero-order valence-electron chi connectivity index (χ0n) is 14.4. The Bertz CT molecular complexity index is 666. The molecule has 0 fully saturated rings. The van der Waals surface area contributed by atoms with Crippen LogP contribution in [0.1, 0.15) is 29.5 Å². The molecule has 1 aliphatic rings. The summed E-state index contributed by atoms with van der Waals surface area (Å²) in [5.41, 5.74) is -1.77. The summed E-state index contributed by atoms with van der Waals surface area (Å²) < 4.78 is 78.4. The lowest BCUT2D eigenvalue weighted by Gasteiger charge is -2.22. The molecule has 0 aliphatic heterocycles. The summed E-state index contributed by atoms with van der Waals surface area (Å²) in [5.74, 6) is 0. The van der Waals surface area contributed by atoms with E-state index in [9.17, 15) is 26.3 Å². The highest BCUT2D eigenvalue weighted by Crippen LogP contribution is 2.39. The number of likely N-dealkylation sites (N-methyl/N-ethyl adjacent to an activating group) is 1. The van der Waals surface area contributed by atoms with E-state index < -0.39 is 23.5 Å². The van der Waals surface area contributed by atoms with E-state index in [4.69, 9.17) is 0 Å². The molecule has 0 saturated heterocycles. The minimum atomic E-state index is -4.85. The summed E-state index contributed by atoms with van der Waals surface area (Å²) in [6, 6.07) is 1.69. The number of allylic oxidation sites excluding steroid dienone is 3. The maximum atomic E-state index is 13.1. The molecule has 0 saturated carbocycles. The molecule has 1 N–H and O–H groups in total. The lowest BCUT2D eigenvalue weighted by atomic mass is 9.93. The van der Waals surface area contributed by atoms with Crippen LogP contribution >= 0.6 is 0 Å². The minimum absolute atomic E-state index is 0.0875. The topological polar surface area (TPSA) is 15.3 Å². The van der Waals surface area contributed by atoms with E-state index in [0.29, 0.717) is 37.2 Å². The Morgan fingerprint density at radius 3 is 1.92 bits per heavy atom. The molecule has 26 heavy (non-hydrogen) atoms. The van der Waals surface area contributed by atoms with E-state index in [1.165, 1.54) is 0 Å². The normalized spacial score (nSPS) is 15.7. The third-order valence-electron chi connectivity index (χ3n) is 3.93. The van der Waals surface area contributed by atoms with Gasteiger partial charge in [-0.25, -0.2) is 0 Å². The molecule has 0 unspecified atom stereocenters. The maximum absolute atomic E-state index is 13.1. The van der Waals surface area contributed by atoms with Gasteiger partial charge in [-0.3, -0.25) is 0 Å². The first-order valence-corrected chi connectivity index (χ1v) is 8.07. The average Bonchev–Trinajstić information content (AvgIpc) is 2.53. The Morgan fingerprint density at radius 2 is 1.42 bits per heavy atom. The van der Waals surface area contributed by atoms with Gasteiger partial charge in [0.1, 0.15) is 0 Å². The van der Waals surface area contributed by atoms with Crippen LogP contribution in [0.5, 0.6) is 0 Å². The van der Waals surface area contributed by atoms with Crippen LogP contribution in [0, 0.1) is 0 Å². The molecule has 2 rings (SSSR count). The smallest absolute Gasteiger partial charge is 0.384 e. The third-order valence-corrected chi connectivity index (χ3v) is 3.93. The van der Waals surface area contributed by atoms with Crippen molar-refractivity contribution >= 4 is 5.57 Å². The molecule has 144 valence electrons. The second-order valence-electron chi connectivity index (χ2n) is 6.34. The Balaban J connectivity index is 2.41. The second-order valence-corrected chi connectivity index (χ2v) is 6.34. The summed E-state index contributed by atoms with van der Waals surface area (Å²) in [6.45, 7) is 1.21. The van der Waals surface area contributed by atoms with Crippen LogP contribution < -0.4 is 5.32 Å². The highest BCUT2D eigenvalue weighted by Gasteiger charge is 2.37. The Morgan fingerprint density at radius 1 is 0.885 bits per heavy atom. The molecular formula is C18H20F6N2. The van der Waals surface area contributed by atoms with E-state index >= 15 is 0 Å². The van der Waals surface area contributed by atoms with Crippen molar-refractivity contribution in [1.29, 1.82) is 0 Å². The molecule has 0 atom stereocenters. The fourth-order valence-electron chi connectivity index (χ4n) is 2.64. The largest absolute Gasteiger partial charge is 0.416 e. The molecule has 2 nitrogen and oxygen atoms in total. The van der Waals surface area contributed by atoms with Gasteiger partial charge in [0.2, 0.25) is 0 Å². The standard InChI is InChI=1S/C18H20F6N2/c1-26(2)8-7-25-16-6-4-3-5-15(16)12-9-13(17(19,20)21)11-14(10-12)18(22,23)24/h5-6,9-11,25H,3-4,7-8H2,1-2H3. The third kappa shape index (κ3) is 5.27. The first-order chi connectivity index (χ1) is 12.0. The summed E-state index contributed by atoms with van der Waals surface area (Å²) in [4.78, 5) is 1.92. The molecule has 8 heteroatoms. The first kappa shape index (κ1) is 20.4. The highest BCUT2D eigenvalue weighted by atomic mass is 19.4. The van der Waals surface area contributed by atoms with Gasteiger partial charge in [0.15, 0.2) is 0 Å². The summed E-state index contributed by atoms with van der Waals surface area (Å²) in [5, 5.41) is 3.11. The van der Waals surface area contributed by atoms with E-state index in [1.807, 2.05) is 19.0 Å². The zero-order chi connectivity index (χ0) is 19.5. The molecule has 0 radical (unpaired) electrons. The van der Waals surface area contributed by atoms with Crippen LogP contribution in [0.15, 0.2) is 36.0 Å². The zero-order valence-corrected chi connectivity index (χ0v) is 14.4. The van der Waals surface area contributed by atoms with Crippen LogP contribution in [0.2, 0.25) is 0 Å². The van der Waals surface area contributed by atoms with Crippen molar-refractivity contribution in [3.63, 3.8) is 0 Å². The molecule has 1 aliphatic carbocycles. The maximum Gasteiger partial charge on any atom is 0.416 e. The molecule has 1 aromatic rings. The molecule has 1 aromatic carbocycles. The van der Waals surface area contributed by atoms with Gasteiger partial charge in [-0.05, 0) is 50.7 Å². The van der Waals surface area contributed by atoms with Gasteiger partial charge >= 0.3 is 12.4 Å². The highest BCUT2D eigenvalue weighted by molar-refractivity contribution is 5.80. The fourth-order valence-corrected chi connectivity index (χ4v) is 2.64. The number of nitrogens with zero attached hydrogens (tertiary/aromatic N) is 1. The van der Waals surface area contributed by atoms with E-state index in [-0.39, 0.29) is 11.6 Å². The first-order valence-electron chi connectivity index (χ1n) is 8.07. The van der Waals surface area contributed by atoms with Crippen molar-refractivity contribution in [2.24, 2.45) is 0 Å². The lowest BCUT2D eigenvalue weighted by Crippen LogP contribution is -2.27. The van der Waals surface area contributed by atoms with Crippen molar-refractivity contribution in [2.45, 2.75) is 25.2 Å².